The second-order valence-corrected chi connectivity index (χ2v) is 4.69. The molecule has 0 unspecified atom stereocenters. The highest BCUT2D eigenvalue weighted by atomic mass is 35.5. The van der Waals surface area contributed by atoms with Crippen LogP contribution < -0.4 is 15.8 Å². The second kappa shape index (κ2) is 8.82. The standard InChI is InChI=1S/C15H24N2O2.ClH/c1-4-15(5-2,11-16)14(18)17-10-12-8-6-7-9-13(12)19-3;/h6-9H,4-5,10-11,16H2,1-3H3,(H,17,18);1H. The second-order valence-electron chi connectivity index (χ2n) is 4.69. The fraction of sp³-hybridized carbons (Fsp3) is 0.533. The van der Waals surface area contributed by atoms with Crippen LogP contribution in [-0.2, 0) is 11.3 Å². The minimum atomic E-state index is -0.456. The summed E-state index contributed by atoms with van der Waals surface area (Å²) in [6, 6.07) is 7.67. The molecular weight excluding hydrogens is 276 g/mol. The molecule has 4 nitrogen and oxygen atoms in total. The van der Waals surface area contributed by atoms with E-state index in [4.69, 9.17) is 10.5 Å². The number of carbonyl (C=O) groups excluding carboxylic acids is 1. The zero-order chi connectivity index (χ0) is 14.3. The summed E-state index contributed by atoms with van der Waals surface area (Å²) >= 11 is 0. The average molecular weight is 301 g/mol. The van der Waals surface area contributed by atoms with Gasteiger partial charge >= 0.3 is 0 Å². The van der Waals surface area contributed by atoms with E-state index in [9.17, 15) is 4.79 Å². The van der Waals surface area contributed by atoms with E-state index in [-0.39, 0.29) is 18.3 Å². The molecular formula is C15H25ClN2O2. The van der Waals surface area contributed by atoms with Gasteiger partial charge in [0, 0.05) is 18.7 Å². The van der Waals surface area contributed by atoms with Crippen molar-refractivity contribution < 1.29 is 9.53 Å². The summed E-state index contributed by atoms with van der Waals surface area (Å²) < 4.78 is 5.27. The first-order chi connectivity index (χ1) is 9.13. The normalized spacial score (nSPS) is 10.6. The maximum atomic E-state index is 12.3. The van der Waals surface area contributed by atoms with Gasteiger partial charge < -0.3 is 15.8 Å². The lowest BCUT2D eigenvalue weighted by atomic mass is 9.81. The minimum absolute atomic E-state index is 0. The van der Waals surface area contributed by atoms with Crippen LogP contribution in [0.2, 0.25) is 0 Å². The Bertz CT molecular complexity index is 412. The fourth-order valence-electron chi connectivity index (χ4n) is 2.16. The third-order valence-electron chi connectivity index (χ3n) is 3.86. The van der Waals surface area contributed by atoms with Crippen LogP contribution in [0.5, 0.6) is 5.75 Å². The van der Waals surface area contributed by atoms with E-state index in [1.54, 1.807) is 7.11 Å². The van der Waals surface area contributed by atoms with Gasteiger partial charge in [0.2, 0.25) is 5.91 Å². The van der Waals surface area contributed by atoms with Crippen LogP contribution in [0.4, 0.5) is 0 Å². The van der Waals surface area contributed by atoms with E-state index in [2.05, 4.69) is 5.32 Å². The van der Waals surface area contributed by atoms with Crippen molar-refractivity contribution in [2.24, 2.45) is 11.1 Å². The molecule has 1 rings (SSSR count). The summed E-state index contributed by atoms with van der Waals surface area (Å²) in [6.45, 7) is 4.83. The Morgan fingerprint density at radius 3 is 2.40 bits per heavy atom. The summed E-state index contributed by atoms with van der Waals surface area (Å²) in [5.74, 6) is 0.806. The first kappa shape index (κ1) is 18.7. The van der Waals surface area contributed by atoms with Crippen molar-refractivity contribution in [3.8, 4) is 5.75 Å². The largest absolute Gasteiger partial charge is 0.496 e. The summed E-state index contributed by atoms with van der Waals surface area (Å²) in [6.07, 6.45) is 1.50. The number of hydrogen-bond acceptors (Lipinski definition) is 3. The Hall–Kier alpha value is -1.26. The lowest BCUT2D eigenvalue weighted by molar-refractivity contribution is -0.131. The smallest absolute Gasteiger partial charge is 0.227 e. The van der Waals surface area contributed by atoms with Gasteiger partial charge in [-0.1, -0.05) is 32.0 Å². The minimum Gasteiger partial charge on any atom is -0.496 e. The number of ether oxygens (including phenoxy) is 1. The van der Waals surface area contributed by atoms with Crippen molar-refractivity contribution in [2.75, 3.05) is 13.7 Å². The van der Waals surface area contributed by atoms with Crippen molar-refractivity contribution >= 4 is 18.3 Å². The number of hydrogen-bond donors (Lipinski definition) is 2. The molecule has 0 saturated carbocycles. The van der Waals surface area contributed by atoms with Crippen LogP contribution >= 0.6 is 12.4 Å². The van der Waals surface area contributed by atoms with Gasteiger partial charge in [-0.05, 0) is 18.9 Å². The predicted molar refractivity (Wildman–Crippen MR) is 84.2 cm³/mol. The van der Waals surface area contributed by atoms with Crippen molar-refractivity contribution in [3.63, 3.8) is 0 Å². The summed E-state index contributed by atoms with van der Waals surface area (Å²) in [5.41, 5.74) is 6.28. The molecule has 0 aliphatic heterocycles. The third-order valence-corrected chi connectivity index (χ3v) is 3.86. The molecule has 0 aliphatic carbocycles. The zero-order valence-electron chi connectivity index (χ0n) is 12.4. The number of methoxy groups -OCH3 is 1. The Kier molecular flexibility index (Phi) is 8.26. The number of halogens is 1. The highest BCUT2D eigenvalue weighted by molar-refractivity contribution is 5.85. The molecule has 0 spiro atoms. The van der Waals surface area contributed by atoms with Gasteiger partial charge in [-0.15, -0.1) is 12.4 Å². The van der Waals surface area contributed by atoms with E-state index < -0.39 is 5.41 Å². The SMILES string of the molecule is CCC(CC)(CN)C(=O)NCc1ccccc1OC.Cl. The Labute approximate surface area is 127 Å². The zero-order valence-corrected chi connectivity index (χ0v) is 13.3. The molecule has 0 saturated heterocycles. The third kappa shape index (κ3) is 4.12. The highest BCUT2D eigenvalue weighted by Crippen LogP contribution is 2.25. The molecule has 0 atom stereocenters. The molecule has 1 aromatic carbocycles. The number of nitrogens with two attached hydrogens (primary N) is 1. The van der Waals surface area contributed by atoms with E-state index in [0.717, 1.165) is 24.2 Å². The number of amides is 1. The van der Waals surface area contributed by atoms with Gasteiger partial charge in [-0.3, -0.25) is 4.79 Å². The number of benzene rings is 1. The van der Waals surface area contributed by atoms with E-state index in [1.807, 2.05) is 38.1 Å². The Morgan fingerprint density at radius 1 is 1.30 bits per heavy atom. The van der Waals surface area contributed by atoms with Crippen LogP contribution in [0.25, 0.3) is 0 Å². The lowest BCUT2D eigenvalue weighted by Gasteiger charge is -2.28. The maximum Gasteiger partial charge on any atom is 0.227 e. The van der Waals surface area contributed by atoms with Gasteiger partial charge in [-0.2, -0.15) is 0 Å². The first-order valence-corrected chi connectivity index (χ1v) is 6.73. The molecule has 5 heteroatoms. The molecule has 3 N–H and O–H groups in total. The molecule has 0 heterocycles. The molecule has 0 fully saturated rings. The predicted octanol–water partition coefficient (Wildman–Crippen LogP) is 2.50. The molecule has 114 valence electrons. The van der Waals surface area contributed by atoms with Crippen LogP contribution in [0.3, 0.4) is 0 Å². The fourth-order valence-corrected chi connectivity index (χ4v) is 2.16. The molecule has 0 aliphatic rings. The van der Waals surface area contributed by atoms with Gasteiger partial charge in [-0.25, -0.2) is 0 Å². The van der Waals surface area contributed by atoms with E-state index >= 15 is 0 Å². The van der Waals surface area contributed by atoms with Crippen LogP contribution in [-0.4, -0.2) is 19.6 Å². The lowest BCUT2D eigenvalue weighted by Crippen LogP contribution is -2.45. The Morgan fingerprint density at radius 2 is 1.90 bits per heavy atom. The molecule has 0 radical (unpaired) electrons. The van der Waals surface area contributed by atoms with Gasteiger partial charge in [0.1, 0.15) is 5.75 Å². The Balaban J connectivity index is 0.00000361. The topological polar surface area (TPSA) is 64.4 Å². The van der Waals surface area contributed by atoms with Gasteiger partial charge in [0.15, 0.2) is 0 Å². The van der Waals surface area contributed by atoms with Crippen LogP contribution in [0, 0.1) is 5.41 Å². The molecule has 0 aromatic heterocycles. The quantitative estimate of drug-likeness (QED) is 0.813. The molecule has 20 heavy (non-hydrogen) atoms. The summed E-state index contributed by atoms with van der Waals surface area (Å²) in [7, 11) is 1.63. The average Bonchev–Trinajstić information content (AvgIpc) is 2.47. The van der Waals surface area contributed by atoms with Gasteiger partial charge in [0.25, 0.3) is 0 Å². The first-order valence-electron chi connectivity index (χ1n) is 6.73. The number of nitrogens with one attached hydrogen (secondary N) is 1. The van der Waals surface area contributed by atoms with Crippen LogP contribution in [0.1, 0.15) is 32.3 Å². The van der Waals surface area contributed by atoms with E-state index in [1.165, 1.54) is 0 Å². The highest BCUT2D eigenvalue weighted by Gasteiger charge is 2.32. The van der Waals surface area contributed by atoms with Crippen molar-refractivity contribution in [2.45, 2.75) is 33.2 Å². The number of rotatable bonds is 7. The van der Waals surface area contributed by atoms with Crippen LogP contribution in [0.15, 0.2) is 24.3 Å². The monoisotopic (exact) mass is 300 g/mol. The summed E-state index contributed by atoms with van der Waals surface area (Å²) in [4.78, 5) is 12.3. The van der Waals surface area contributed by atoms with Crippen molar-refractivity contribution in [1.82, 2.24) is 5.32 Å². The summed E-state index contributed by atoms with van der Waals surface area (Å²) in [5, 5.41) is 2.97. The van der Waals surface area contributed by atoms with Crippen molar-refractivity contribution in [3.05, 3.63) is 29.8 Å². The molecule has 1 aromatic rings. The molecule has 0 bridgehead atoms. The number of para-hydroxylation sites is 1. The maximum absolute atomic E-state index is 12.3. The van der Waals surface area contributed by atoms with Gasteiger partial charge in [0.05, 0.1) is 12.5 Å². The van der Waals surface area contributed by atoms with E-state index in [0.29, 0.717) is 13.1 Å². The molecule has 1 amide bonds. The number of carbonyl (C=O) groups is 1. The van der Waals surface area contributed by atoms with Crippen molar-refractivity contribution in [1.29, 1.82) is 0 Å².